The van der Waals surface area contributed by atoms with Gasteiger partial charge in [-0.25, -0.2) is 4.98 Å². The van der Waals surface area contributed by atoms with Gasteiger partial charge in [0.15, 0.2) is 5.16 Å². The van der Waals surface area contributed by atoms with Gasteiger partial charge in [0.05, 0.1) is 16.8 Å². The van der Waals surface area contributed by atoms with Gasteiger partial charge in [0.2, 0.25) is 5.91 Å². The van der Waals surface area contributed by atoms with Gasteiger partial charge in [-0.1, -0.05) is 11.8 Å². The van der Waals surface area contributed by atoms with E-state index in [-0.39, 0.29) is 17.2 Å². The number of thiophene rings is 1. The molecule has 0 bridgehead atoms. The van der Waals surface area contributed by atoms with Crippen LogP contribution in [-0.2, 0) is 24.2 Å². The monoisotopic (exact) mass is 569 g/mol. The summed E-state index contributed by atoms with van der Waals surface area (Å²) >= 11 is 9.95. The molecule has 0 aliphatic heterocycles. The SMILES string of the molecule is CCn1c(SCC(=O)Nc2c(Br)cc(C)cc2Br)nc2sc3c(c2c1=O)CCCC3. The summed E-state index contributed by atoms with van der Waals surface area (Å²) in [6.07, 6.45) is 4.30. The normalized spacial score (nSPS) is 13.5. The van der Waals surface area contributed by atoms with Crippen LogP contribution in [0.15, 0.2) is 31.0 Å². The van der Waals surface area contributed by atoms with Crippen molar-refractivity contribution in [2.45, 2.75) is 51.2 Å². The van der Waals surface area contributed by atoms with E-state index in [0.29, 0.717) is 17.4 Å². The number of benzene rings is 1. The van der Waals surface area contributed by atoms with Crippen molar-refractivity contribution in [3.8, 4) is 0 Å². The van der Waals surface area contributed by atoms with E-state index in [9.17, 15) is 9.59 Å². The van der Waals surface area contributed by atoms with Crippen molar-refractivity contribution in [2.75, 3.05) is 11.1 Å². The summed E-state index contributed by atoms with van der Waals surface area (Å²) in [4.78, 5) is 32.7. The Morgan fingerprint density at radius 1 is 1.27 bits per heavy atom. The molecule has 0 unspecified atom stereocenters. The number of carbonyl (C=O) groups excluding carboxylic acids is 1. The van der Waals surface area contributed by atoms with Crippen LogP contribution in [-0.4, -0.2) is 21.2 Å². The van der Waals surface area contributed by atoms with Crippen molar-refractivity contribution in [3.63, 3.8) is 0 Å². The highest BCUT2D eigenvalue weighted by Crippen LogP contribution is 2.35. The van der Waals surface area contributed by atoms with Crippen LogP contribution in [0.2, 0.25) is 0 Å². The Kier molecular flexibility index (Phi) is 6.72. The molecule has 0 saturated heterocycles. The predicted octanol–water partition coefficient (Wildman–Crippen LogP) is 5.92. The van der Waals surface area contributed by atoms with E-state index in [0.717, 1.165) is 44.0 Å². The molecule has 0 radical (unpaired) electrons. The second-order valence-corrected chi connectivity index (χ2v) is 11.0. The van der Waals surface area contributed by atoms with Crippen LogP contribution >= 0.6 is 55.0 Å². The molecule has 2 aromatic heterocycles. The zero-order chi connectivity index (χ0) is 21.4. The van der Waals surface area contributed by atoms with Crippen LogP contribution in [0, 0.1) is 6.92 Å². The lowest BCUT2D eigenvalue weighted by Gasteiger charge is -2.13. The number of amides is 1. The smallest absolute Gasteiger partial charge is 0.263 e. The number of rotatable bonds is 5. The van der Waals surface area contributed by atoms with Gasteiger partial charge in [-0.05, 0) is 94.7 Å². The molecule has 1 N–H and O–H groups in total. The van der Waals surface area contributed by atoms with Crippen LogP contribution in [0.1, 0.15) is 35.8 Å². The molecule has 1 amide bonds. The number of nitrogens with zero attached hydrogens (tertiary/aromatic N) is 2. The number of aryl methyl sites for hydroxylation is 3. The van der Waals surface area contributed by atoms with E-state index < -0.39 is 0 Å². The summed E-state index contributed by atoms with van der Waals surface area (Å²) in [5.74, 6) is 0.0308. The molecule has 0 fully saturated rings. The van der Waals surface area contributed by atoms with Crippen molar-refractivity contribution in [2.24, 2.45) is 0 Å². The van der Waals surface area contributed by atoms with Crippen molar-refractivity contribution < 1.29 is 4.79 Å². The zero-order valence-corrected chi connectivity index (χ0v) is 21.5. The third-order valence-corrected chi connectivity index (χ3v) is 8.55. The third-order valence-electron chi connectivity index (χ3n) is 5.14. The molecule has 30 heavy (non-hydrogen) atoms. The van der Waals surface area contributed by atoms with Crippen LogP contribution in [0.4, 0.5) is 5.69 Å². The summed E-state index contributed by atoms with van der Waals surface area (Å²) in [6, 6.07) is 3.91. The van der Waals surface area contributed by atoms with E-state index in [1.807, 2.05) is 26.0 Å². The second-order valence-electron chi connectivity index (χ2n) is 7.28. The van der Waals surface area contributed by atoms with Crippen molar-refractivity contribution in [1.82, 2.24) is 9.55 Å². The molecule has 1 aliphatic rings. The second kappa shape index (κ2) is 9.14. The molecule has 1 aliphatic carbocycles. The predicted molar refractivity (Wildman–Crippen MR) is 132 cm³/mol. The highest BCUT2D eigenvalue weighted by molar-refractivity contribution is 9.11. The first kappa shape index (κ1) is 22.0. The number of fused-ring (bicyclic) bond motifs is 3. The number of nitrogens with one attached hydrogen (secondary N) is 1. The number of aromatic nitrogens is 2. The number of halogens is 2. The van der Waals surface area contributed by atoms with Gasteiger partial charge >= 0.3 is 0 Å². The van der Waals surface area contributed by atoms with Gasteiger partial charge in [0.25, 0.3) is 5.56 Å². The van der Waals surface area contributed by atoms with E-state index in [4.69, 9.17) is 4.98 Å². The maximum absolute atomic E-state index is 13.2. The first-order chi connectivity index (χ1) is 14.4. The standard InChI is InChI=1S/C21H21Br2N3O2S2/c1-3-26-20(28)17-12-6-4-5-7-15(12)30-19(17)25-21(26)29-10-16(27)24-18-13(22)8-11(2)9-14(18)23/h8-9H,3-7,10H2,1-2H3,(H,24,27). The van der Waals surface area contributed by atoms with E-state index in [1.165, 1.54) is 28.6 Å². The Balaban J connectivity index is 1.58. The van der Waals surface area contributed by atoms with Crippen molar-refractivity contribution in [1.29, 1.82) is 0 Å². The van der Waals surface area contributed by atoms with Crippen LogP contribution in [0.25, 0.3) is 10.2 Å². The minimum absolute atomic E-state index is 0.0221. The average Bonchev–Trinajstić information content (AvgIpc) is 3.07. The number of hydrogen-bond acceptors (Lipinski definition) is 5. The van der Waals surface area contributed by atoms with Gasteiger partial charge in [-0.15, -0.1) is 11.3 Å². The van der Waals surface area contributed by atoms with Crippen LogP contribution in [0.5, 0.6) is 0 Å². The molecule has 158 valence electrons. The van der Waals surface area contributed by atoms with Crippen LogP contribution in [0.3, 0.4) is 0 Å². The number of carbonyl (C=O) groups is 1. The fourth-order valence-corrected chi connectivity index (χ4v) is 7.51. The Bertz CT molecular complexity index is 1180. The highest BCUT2D eigenvalue weighted by atomic mass is 79.9. The molecular formula is C21H21Br2N3O2S2. The number of anilines is 1. The Morgan fingerprint density at radius 2 is 1.97 bits per heavy atom. The maximum Gasteiger partial charge on any atom is 0.263 e. The average molecular weight is 571 g/mol. The third kappa shape index (κ3) is 4.26. The van der Waals surface area contributed by atoms with Crippen molar-refractivity contribution in [3.05, 3.63) is 47.4 Å². The topological polar surface area (TPSA) is 64.0 Å². The van der Waals surface area contributed by atoms with E-state index in [1.54, 1.807) is 15.9 Å². The first-order valence-corrected chi connectivity index (χ1v) is 13.2. The molecule has 0 saturated carbocycles. The lowest BCUT2D eigenvalue weighted by Crippen LogP contribution is -2.24. The fraction of sp³-hybridized carbons (Fsp3) is 0.381. The lowest BCUT2D eigenvalue weighted by atomic mass is 9.97. The largest absolute Gasteiger partial charge is 0.323 e. The maximum atomic E-state index is 13.2. The molecule has 0 spiro atoms. The summed E-state index contributed by atoms with van der Waals surface area (Å²) < 4.78 is 3.34. The highest BCUT2D eigenvalue weighted by Gasteiger charge is 2.22. The minimum Gasteiger partial charge on any atom is -0.323 e. The lowest BCUT2D eigenvalue weighted by molar-refractivity contribution is -0.113. The number of thioether (sulfide) groups is 1. The van der Waals surface area contributed by atoms with Gasteiger partial charge in [-0.3, -0.25) is 14.2 Å². The molecule has 2 heterocycles. The molecule has 3 aromatic rings. The van der Waals surface area contributed by atoms with E-state index in [2.05, 4.69) is 37.2 Å². The Labute approximate surface area is 199 Å². The Morgan fingerprint density at radius 3 is 2.67 bits per heavy atom. The van der Waals surface area contributed by atoms with E-state index >= 15 is 0 Å². The molecule has 5 nitrogen and oxygen atoms in total. The fourth-order valence-electron chi connectivity index (χ4n) is 3.73. The summed E-state index contributed by atoms with van der Waals surface area (Å²) in [6.45, 7) is 4.47. The van der Waals surface area contributed by atoms with Gasteiger partial charge < -0.3 is 5.32 Å². The Hall–Kier alpha value is -1.16. The van der Waals surface area contributed by atoms with Crippen molar-refractivity contribution >= 4 is 76.8 Å². The number of hydrogen-bond donors (Lipinski definition) is 1. The quantitative estimate of drug-likeness (QED) is 0.305. The van der Waals surface area contributed by atoms with Gasteiger partial charge in [0.1, 0.15) is 4.83 Å². The minimum atomic E-state index is -0.146. The van der Waals surface area contributed by atoms with Gasteiger partial charge in [-0.2, -0.15) is 0 Å². The first-order valence-electron chi connectivity index (χ1n) is 9.82. The molecular weight excluding hydrogens is 550 g/mol. The zero-order valence-electron chi connectivity index (χ0n) is 16.7. The summed E-state index contributed by atoms with van der Waals surface area (Å²) in [5.41, 5.74) is 3.01. The van der Waals surface area contributed by atoms with Crippen LogP contribution < -0.4 is 10.9 Å². The molecule has 4 rings (SSSR count). The summed E-state index contributed by atoms with van der Waals surface area (Å²) in [5, 5.41) is 4.33. The molecule has 0 atom stereocenters. The van der Waals surface area contributed by atoms with Gasteiger partial charge in [0, 0.05) is 20.4 Å². The molecule has 9 heteroatoms. The molecule has 1 aromatic carbocycles. The summed E-state index contributed by atoms with van der Waals surface area (Å²) in [7, 11) is 0.